The summed E-state index contributed by atoms with van der Waals surface area (Å²) in [5.74, 6) is 0.298. The summed E-state index contributed by atoms with van der Waals surface area (Å²) in [5.41, 5.74) is 19.6. The Hall–Kier alpha value is -7.74. The number of nitrogens with zero attached hydrogens (tertiary/aromatic N) is 1. The number of para-hydroxylation sites is 1. The van der Waals surface area contributed by atoms with Gasteiger partial charge in [-0.25, -0.2) is 0 Å². The van der Waals surface area contributed by atoms with Crippen molar-refractivity contribution < 1.29 is 0 Å². The molecule has 9 aromatic rings. The summed E-state index contributed by atoms with van der Waals surface area (Å²) < 4.78 is 2.57. The topological polar surface area (TPSA) is 4.93 Å². The van der Waals surface area contributed by atoms with Crippen LogP contribution < -0.4 is 0 Å². The molecule has 0 saturated heterocycles. The number of hydrogen-bond acceptors (Lipinski definition) is 0. The van der Waals surface area contributed by atoms with Crippen LogP contribution in [-0.2, 0) is 12.0 Å². The summed E-state index contributed by atoms with van der Waals surface area (Å²) in [6, 6.07) is 70.2. The monoisotopic (exact) mass is 865 g/mol. The highest BCUT2D eigenvalue weighted by Crippen LogP contribution is 2.57. The van der Waals surface area contributed by atoms with Gasteiger partial charge in [0.05, 0.1) is 5.41 Å². The van der Waals surface area contributed by atoms with Crippen LogP contribution in [0.15, 0.2) is 249 Å². The first-order valence-electron chi connectivity index (χ1n) is 23.8. The highest BCUT2D eigenvalue weighted by molar-refractivity contribution is 6.09. The molecule has 1 heterocycles. The Morgan fingerprint density at radius 1 is 0.507 bits per heavy atom. The van der Waals surface area contributed by atoms with Crippen molar-refractivity contribution in [2.24, 2.45) is 0 Å². The summed E-state index contributed by atoms with van der Waals surface area (Å²) in [5, 5.41) is 2.61. The zero-order valence-corrected chi connectivity index (χ0v) is 39.2. The van der Waals surface area contributed by atoms with E-state index in [1.807, 2.05) is 50.3 Å². The van der Waals surface area contributed by atoms with Gasteiger partial charge in [0, 0.05) is 34.3 Å². The third kappa shape index (κ3) is 8.28. The number of aryl methyl sites for hydroxylation is 1. The van der Waals surface area contributed by atoms with E-state index in [9.17, 15) is 0 Å². The van der Waals surface area contributed by atoms with Gasteiger partial charge in [-0.3, -0.25) is 0 Å². The van der Waals surface area contributed by atoms with Crippen LogP contribution in [0.4, 0.5) is 0 Å². The molecule has 1 unspecified atom stereocenters. The van der Waals surface area contributed by atoms with Gasteiger partial charge in [0.25, 0.3) is 0 Å². The molecule has 1 atom stereocenters. The Labute approximate surface area is 398 Å². The first-order valence-corrected chi connectivity index (χ1v) is 23.8. The normalized spacial score (nSPS) is 14.2. The summed E-state index contributed by atoms with van der Waals surface area (Å²) in [7, 11) is 0. The van der Waals surface area contributed by atoms with E-state index in [-0.39, 0.29) is 5.41 Å². The van der Waals surface area contributed by atoms with Crippen molar-refractivity contribution in [3.8, 4) is 33.4 Å². The zero-order valence-electron chi connectivity index (χ0n) is 39.2. The lowest BCUT2D eigenvalue weighted by Crippen LogP contribution is -2.28. The molecule has 0 amide bonds. The molecule has 0 radical (unpaired) electrons. The first-order chi connectivity index (χ1) is 33.0. The molecule has 1 aromatic heterocycles. The molecular weight excluding hydrogens is 807 g/mol. The van der Waals surface area contributed by atoms with Gasteiger partial charge in [0.1, 0.15) is 0 Å². The van der Waals surface area contributed by atoms with Crippen molar-refractivity contribution in [2.75, 3.05) is 0 Å². The smallest absolute Gasteiger partial charge is 0.0713 e. The van der Waals surface area contributed by atoms with Crippen LogP contribution in [0, 0.1) is 6.92 Å². The van der Waals surface area contributed by atoms with E-state index >= 15 is 0 Å². The first kappa shape index (κ1) is 44.5. The fourth-order valence-electron chi connectivity index (χ4n) is 10.6. The van der Waals surface area contributed by atoms with Crippen molar-refractivity contribution >= 4 is 21.8 Å². The Balaban J connectivity index is 0.000000352. The lowest BCUT2D eigenvalue weighted by atomic mass is 9.67. The molecule has 2 aliphatic carbocycles. The number of allylic oxidation sites excluding steroid dienone is 9. The van der Waals surface area contributed by atoms with E-state index < -0.39 is 0 Å². The number of fused-ring (bicyclic) bond motifs is 9. The van der Waals surface area contributed by atoms with E-state index in [1.165, 1.54) is 94.1 Å². The molecule has 8 aromatic carbocycles. The molecule has 1 nitrogen and oxygen atoms in total. The van der Waals surface area contributed by atoms with Gasteiger partial charge in [0.2, 0.25) is 0 Å². The van der Waals surface area contributed by atoms with Gasteiger partial charge >= 0.3 is 0 Å². The SMILES string of the molecule is C/C=C\C=C/CC.C=C/C=C\C=C/C.Cc1cccc2c1C(Cn1c3ccccc3c3cc(-c4ccc5c(c4)-c4ccccc4C5(c4ccccc4)c4ccccc4)ccc31)c1ccccc1-2. The average Bonchev–Trinajstić information content (AvgIpc) is 3.99. The number of rotatable bonds is 9. The van der Waals surface area contributed by atoms with Crippen LogP contribution in [0.25, 0.3) is 55.2 Å². The second-order valence-corrected chi connectivity index (χ2v) is 17.3. The van der Waals surface area contributed by atoms with E-state index in [1.54, 1.807) is 6.08 Å². The number of aromatic nitrogens is 1. The average molecular weight is 866 g/mol. The molecule has 67 heavy (non-hydrogen) atoms. The van der Waals surface area contributed by atoms with Crippen LogP contribution in [0.1, 0.15) is 72.1 Å². The van der Waals surface area contributed by atoms with Gasteiger partial charge in [-0.2, -0.15) is 0 Å². The number of benzene rings is 8. The zero-order chi connectivity index (χ0) is 46.2. The summed E-state index contributed by atoms with van der Waals surface area (Å²) in [4.78, 5) is 0. The molecule has 0 spiro atoms. The lowest BCUT2D eigenvalue weighted by molar-refractivity contribution is 0.667. The molecule has 0 saturated carbocycles. The maximum atomic E-state index is 3.51. The second kappa shape index (κ2) is 20.2. The predicted molar refractivity (Wildman–Crippen MR) is 289 cm³/mol. The second-order valence-electron chi connectivity index (χ2n) is 17.3. The van der Waals surface area contributed by atoms with Gasteiger partial charge in [-0.1, -0.05) is 232 Å². The fourth-order valence-corrected chi connectivity index (χ4v) is 10.6. The minimum Gasteiger partial charge on any atom is -0.340 e. The van der Waals surface area contributed by atoms with Crippen molar-refractivity contribution in [2.45, 2.75) is 52.0 Å². The van der Waals surface area contributed by atoms with Crippen molar-refractivity contribution in [3.63, 3.8) is 0 Å². The van der Waals surface area contributed by atoms with Crippen LogP contribution in [0.2, 0.25) is 0 Å². The maximum Gasteiger partial charge on any atom is 0.0713 e. The molecule has 328 valence electrons. The van der Waals surface area contributed by atoms with Crippen LogP contribution >= 0.6 is 0 Å². The van der Waals surface area contributed by atoms with Gasteiger partial charge in [0.15, 0.2) is 0 Å². The minimum atomic E-state index is -0.389. The van der Waals surface area contributed by atoms with Gasteiger partial charge < -0.3 is 4.57 Å². The lowest BCUT2D eigenvalue weighted by Gasteiger charge is -2.33. The Morgan fingerprint density at radius 2 is 1.10 bits per heavy atom. The summed E-state index contributed by atoms with van der Waals surface area (Å²) in [6.45, 7) is 12.8. The molecular formula is C66H59N. The van der Waals surface area contributed by atoms with Gasteiger partial charge in [-0.05, 0) is 124 Å². The van der Waals surface area contributed by atoms with Gasteiger partial charge in [-0.15, -0.1) is 0 Å². The maximum absolute atomic E-state index is 3.51. The predicted octanol–water partition coefficient (Wildman–Crippen LogP) is 17.8. The quantitative estimate of drug-likeness (QED) is 0.127. The molecule has 0 aliphatic heterocycles. The van der Waals surface area contributed by atoms with Crippen LogP contribution in [0.3, 0.4) is 0 Å². The molecule has 11 rings (SSSR count). The standard InChI is InChI=1S/C52H37N.C7H12.C7H10/c1-34-15-14-24-43-39-20-8-9-21-40(39)46(51(34)43)33-53-49-26-13-11-23-42(49)45-32-36(28-30-50(45)53)35-27-29-48-44(31-35)41-22-10-12-25-47(41)52(48,37-16-4-2-5-17-37)38-18-6-3-7-19-38;2*1-3-5-7-6-4-2/h2-32,46H,33H2,1H3;3,5-7H,4H2,1-2H3;3-7H,1H2,2H3/b;5-3-,7-6-;6-4-,7-5-. The van der Waals surface area contributed by atoms with E-state index in [0.717, 1.165) is 13.0 Å². The fraction of sp³-hybridized carbons (Fsp3) is 0.121. The highest BCUT2D eigenvalue weighted by atomic mass is 15.0. The van der Waals surface area contributed by atoms with Crippen molar-refractivity contribution in [1.82, 2.24) is 4.57 Å². The van der Waals surface area contributed by atoms with E-state index in [4.69, 9.17) is 0 Å². The largest absolute Gasteiger partial charge is 0.340 e. The molecule has 0 fully saturated rings. The molecule has 1 heteroatoms. The van der Waals surface area contributed by atoms with E-state index in [0.29, 0.717) is 5.92 Å². The molecule has 0 bridgehead atoms. The Bertz CT molecular complexity index is 3260. The van der Waals surface area contributed by atoms with Crippen LogP contribution in [0.5, 0.6) is 0 Å². The highest BCUT2D eigenvalue weighted by Gasteiger charge is 2.46. The van der Waals surface area contributed by atoms with Crippen molar-refractivity contribution in [3.05, 3.63) is 288 Å². The Morgan fingerprint density at radius 3 is 1.84 bits per heavy atom. The molecule has 0 N–H and O–H groups in total. The summed E-state index contributed by atoms with van der Waals surface area (Å²) in [6.07, 6.45) is 18.9. The number of hydrogen-bond donors (Lipinski definition) is 0. The molecule has 2 aliphatic rings. The third-order valence-electron chi connectivity index (χ3n) is 13.5. The van der Waals surface area contributed by atoms with Crippen LogP contribution in [-0.4, -0.2) is 4.57 Å². The summed E-state index contributed by atoms with van der Waals surface area (Å²) >= 11 is 0. The third-order valence-corrected chi connectivity index (χ3v) is 13.5. The minimum absolute atomic E-state index is 0.298. The Kier molecular flexibility index (Phi) is 13.4. The van der Waals surface area contributed by atoms with Crippen molar-refractivity contribution in [1.29, 1.82) is 0 Å². The van der Waals surface area contributed by atoms with E-state index in [2.05, 4.69) is 225 Å².